The number of thiophene rings is 1. The molecule has 0 aliphatic heterocycles. The predicted octanol–water partition coefficient (Wildman–Crippen LogP) is 6.25. The van der Waals surface area contributed by atoms with E-state index in [9.17, 15) is 0 Å². The van der Waals surface area contributed by atoms with E-state index in [1.165, 1.54) is 8.66 Å². The summed E-state index contributed by atoms with van der Waals surface area (Å²) in [6, 6.07) is 4.32. The van der Waals surface area contributed by atoms with Crippen molar-refractivity contribution in [3.8, 4) is 0 Å². The highest BCUT2D eigenvalue weighted by molar-refractivity contribution is 9.11. The standard InChI is InChI=1S/C15H27BrOSSi/c1-11(2)19(12(3)4,13(5)6)17-10-9-14-7-8-15(16)18-14/h7-8,11-13H,9-10H2,1-6H3. The molecule has 0 amide bonds. The monoisotopic (exact) mass is 362 g/mol. The lowest BCUT2D eigenvalue weighted by atomic mass is 10.4. The summed E-state index contributed by atoms with van der Waals surface area (Å²) in [6.07, 6.45) is 1.04. The highest BCUT2D eigenvalue weighted by Crippen LogP contribution is 2.42. The molecule has 4 heteroatoms. The Labute approximate surface area is 132 Å². The molecule has 0 saturated carbocycles. The zero-order valence-electron chi connectivity index (χ0n) is 13.0. The van der Waals surface area contributed by atoms with E-state index >= 15 is 0 Å². The van der Waals surface area contributed by atoms with Gasteiger partial charge in [0.25, 0.3) is 0 Å². The maximum atomic E-state index is 6.56. The van der Waals surface area contributed by atoms with Crippen LogP contribution in [0.1, 0.15) is 46.4 Å². The van der Waals surface area contributed by atoms with E-state index < -0.39 is 8.32 Å². The summed E-state index contributed by atoms with van der Waals surface area (Å²) in [6.45, 7) is 14.9. The molecule has 0 spiro atoms. The van der Waals surface area contributed by atoms with Crippen molar-refractivity contribution in [1.82, 2.24) is 0 Å². The predicted molar refractivity (Wildman–Crippen MR) is 92.7 cm³/mol. The molecular formula is C15H27BrOSSi. The van der Waals surface area contributed by atoms with E-state index in [0.717, 1.165) is 13.0 Å². The summed E-state index contributed by atoms with van der Waals surface area (Å²) < 4.78 is 7.77. The van der Waals surface area contributed by atoms with Crippen LogP contribution in [0.25, 0.3) is 0 Å². The Kier molecular flexibility index (Phi) is 6.77. The summed E-state index contributed by atoms with van der Waals surface area (Å²) in [5, 5.41) is 0. The average Bonchev–Trinajstić information content (AvgIpc) is 2.68. The molecule has 1 nitrogen and oxygen atoms in total. The minimum absolute atomic E-state index is 0.669. The quantitative estimate of drug-likeness (QED) is 0.521. The molecule has 0 unspecified atom stereocenters. The molecule has 0 saturated heterocycles. The van der Waals surface area contributed by atoms with Crippen LogP contribution in [0.4, 0.5) is 0 Å². The normalized spacial score (nSPS) is 12.9. The maximum absolute atomic E-state index is 6.56. The molecule has 110 valence electrons. The molecule has 0 N–H and O–H groups in total. The molecule has 0 aliphatic carbocycles. The van der Waals surface area contributed by atoms with Crippen molar-refractivity contribution in [3.63, 3.8) is 0 Å². The van der Waals surface area contributed by atoms with E-state index in [2.05, 4.69) is 69.6 Å². The van der Waals surface area contributed by atoms with Gasteiger partial charge in [0.1, 0.15) is 0 Å². The molecule has 1 aromatic rings. The third kappa shape index (κ3) is 4.16. The first kappa shape index (κ1) is 17.4. The Morgan fingerprint density at radius 1 is 1.05 bits per heavy atom. The van der Waals surface area contributed by atoms with Crippen molar-refractivity contribution in [2.75, 3.05) is 6.61 Å². The van der Waals surface area contributed by atoms with Gasteiger partial charge in [-0.3, -0.25) is 0 Å². The Bertz CT molecular complexity index is 365. The summed E-state index contributed by atoms with van der Waals surface area (Å²) in [4.78, 5) is 1.41. The van der Waals surface area contributed by atoms with Gasteiger partial charge in [-0.2, -0.15) is 0 Å². The second kappa shape index (κ2) is 7.39. The van der Waals surface area contributed by atoms with Gasteiger partial charge in [-0.15, -0.1) is 11.3 Å². The first-order valence-electron chi connectivity index (χ1n) is 7.18. The van der Waals surface area contributed by atoms with E-state index in [-0.39, 0.29) is 0 Å². The molecule has 0 bridgehead atoms. The summed E-state index contributed by atoms with van der Waals surface area (Å²) >= 11 is 5.34. The van der Waals surface area contributed by atoms with Crippen LogP contribution in [0.15, 0.2) is 15.9 Å². The summed E-state index contributed by atoms with van der Waals surface area (Å²) in [5.41, 5.74) is 2.01. The molecule has 0 aliphatic rings. The first-order valence-corrected chi connectivity index (χ1v) is 10.9. The van der Waals surface area contributed by atoms with E-state index in [4.69, 9.17) is 4.43 Å². The van der Waals surface area contributed by atoms with Crippen LogP contribution in [0.5, 0.6) is 0 Å². The zero-order valence-corrected chi connectivity index (χ0v) is 16.4. The van der Waals surface area contributed by atoms with Crippen molar-refractivity contribution in [2.24, 2.45) is 0 Å². The lowest BCUT2D eigenvalue weighted by Crippen LogP contribution is -2.48. The van der Waals surface area contributed by atoms with Crippen LogP contribution in [0, 0.1) is 0 Å². The molecule has 0 atom stereocenters. The number of rotatable bonds is 7. The summed E-state index contributed by atoms with van der Waals surface area (Å²) in [5.74, 6) is 0. The SMILES string of the molecule is CC(C)[Si](OCCc1ccc(Br)s1)(C(C)C)C(C)C. The molecule has 1 aromatic heterocycles. The van der Waals surface area contributed by atoms with Crippen LogP contribution in [0.3, 0.4) is 0 Å². The lowest BCUT2D eigenvalue weighted by molar-refractivity contribution is 0.282. The molecule has 0 radical (unpaired) electrons. The fourth-order valence-corrected chi connectivity index (χ4v) is 10.2. The first-order chi connectivity index (χ1) is 8.80. The minimum atomic E-state index is -1.68. The topological polar surface area (TPSA) is 9.23 Å². The van der Waals surface area contributed by atoms with Crippen molar-refractivity contribution in [3.05, 3.63) is 20.8 Å². The van der Waals surface area contributed by atoms with Crippen LogP contribution in [-0.2, 0) is 10.8 Å². The largest absolute Gasteiger partial charge is 0.416 e. The van der Waals surface area contributed by atoms with Crippen LogP contribution < -0.4 is 0 Å². The molecule has 19 heavy (non-hydrogen) atoms. The highest BCUT2D eigenvalue weighted by Gasteiger charge is 2.44. The van der Waals surface area contributed by atoms with Crippen LogP contribution in [-0.4, -0.2) is 14.9 Å². The van der Waals surface area contributed by atoms with Gasteiger partial charge in [-0.1, -0.05) is 41.5 Å². The van der Waals surface area contributed by atoms with Crippen LogP contribution in [0.2, 0.25) is 16.6 Å². The number of hydrogen-bond donors (Lipinski definition) is 0. The van der Waals surface area contributed by atoms with Gasteiger partial charge in [0.15, 0.2) is 8.32 Å². The summed E-state index contributed by atoms with van der Waals surface area (Å²) in [7, 11) is -1.68. The zero-order chi connectivity index (χ0) is 14.6. The van der Waals surface area contributed by atoms with Gasteiger partial charge in [0, 0.05) is 17.9 Å². The van der Waals surface area contributed by atoms with Crippen LogP contribution >= 0.6 is 27.3 Å². The molecular weight excluding hydrogens is 336 g/mol. The van der Waals surface area contributed by atoms with Gasteiger partial charge in [0.2, 0.25) is 0 Å². The number of hydrogen-bond acceptors (Lipinski definition) is 2. The van der Waals surface area contributed by atoms with E-state index in [1.807, 2.05) is 11.3 Å². The fraction of sp³-hybridized carbons (Fsp3) is 0.733. The second-order valence-corrected chi connectivity index (χ2v) is 14.1. The van der Waals surface area contributed by atoms with Crippen molar-refractivity contribution in [2.45, 2.75) is 64.6 Å². The minimum Gasteiger partial charge on any atom is -0.416 e. The maximum Gasteiger partial charge on any atom is 0.200 e. The van der Waals surface area contributed by atoms with Crippen molar-refractivity contribution in [1.29, 1.82) is 0 Å². The van der Waals surface area contributed by atoms with Gasteiger partial charge < -0.3 is 4.43 Å². The average molecular weight is 363 g/mol. The Morgan fingerprint density at radius 3 is 1.95 bits per heavy atom. The molecule has 1 rings (SSSR count). The fourth-order valence-electron chi connectivity index (χ4n) is 3.31. The second-order valence-electron chi connectivity index (χ2n) is 6.12. The van der Waals surface area contributed by atoms with E-state index in [1.54, 1.807) is 0 Å². The Hall–Kier alpha value is 0.357. The van der Waals surface area contributed by atoms with Gasteiger partial charge in [-0.05, 0) is 44.7 Å². The van der Waals surface area contributed by atoms with E-state index in [0.29, 0.717) is 16.6 Å². The van der Waals surface area contributed by atoms with Crippen molar-refractivity contribution < 1.29 is 4.43 Å². The molecule has 1 heterocycles. The third-order valence-electron chi connectivity index (χ3n) is 4.04. The number of halogens is 1. The lowest BCUT2D eigenvalue weighted by Gasteiger charge is -2.42. The smallest absolute Gasteiger partial charge is 0.200 e. The van der Waals surface area contributed by atoms with Gasteiger partial charge >= 0.3 is 0 Å². The third-order valence-corrected chi connectivity index (χ3v) is 11.8. The van der Waals surface area contributed by atoms with Crippen molar-refractivity contribution >= 4 is 35.6 Å². The van der Waals surface area contributed by atoms with Gasteiger partial charge in [-0.25, -0.2) is 0 Å². The molecule has 0 aromatic carbocycles. The van der Waals surface area contributed by atoms with Gasteiger partial charge in [0.05, 0.1) is 3.79 Å². The highest BCUT2D eigenvalue weighted by atomic mass is 79.9. The molecule has 0 fully saturated rings. The Morgan fingerprint density at radius 2 is 1.58 bits per heavy atom. The Balaban J connectivity index is 2.68.